The number of rotatable bonds is 0. The average Bonchev–Trinajstić information content (AvgIpc) is 2.06. The Balaban J connectivity index is 0.000000336. The van der Waals surface area contributed by atoms with Crippen molar-refractivity contribution in [1.29, 1.82) is 0 Å². The van der Waals surface area contributed by atoms with Crippen LogP contribution in [0.2, 0.25) is 0 Å². The lowest BCUT2D eigenvalue weighted by molar-refractivity contribution is -0.0423. The van der Waals surface area contributed by atoms with E-state index in [1.54, 1.807) is 0 Å². The van der Waals surface area contributed by atoms with E-state index in [-0.39, 0.29) is 5.54 Å². The first-order chi connectivity index (χ1) is 5.81. The summed E-state index contributed by atoms with van der Waals surface area (Å²) < 4.78 is 5.12. The van der Waals surface area contributed by atoms with Crippen LogP contribution in [0.3, 0.4) is 0 Å². The quantitative estimate of drug-likeness (QED) is 0.594. The molecule has 0 aromatic heterocycles. The smallest absolute Gasteiger partial charge is 0.103 e. The molecule has 0 atom stereocenters. The Hall–Kier alpha value is -0.760. The van der Waals surface area contributed by atoms with Crippen LogP contribution in [-0.4, -0.2) is 18.8 Å². The first kappa shape index (κ1) is 9.33. The summed E-state index contributed by atoms with van der Waals surface area (Å²) in [7, 11) is 0. The molecular weight excluding hydrogens is 150 g/mol. The van der Waals surface area contributed by atoms with E-state index in [0.29, 0.717) is 0 Å². The fourth-order valence-electron chi connectivity index (χ4n) is 1.35. The minimum atomic E-state index is 0.152. The van der Waals surface area contributed by atoms with Gasteiger partial charge in [-0.15, -0.1) is 0 Å². The Morgan fingerprint density at radius 2 is 2.08 bits per heavy atom. The molecule has 0 unspecified atom stereocenters. The van der Waals surface area contributed by atoms with Crippen molar-refractivity contribution in [2.45, 2.75) is 26.3 Å². The molecular formula is C10H17NO. The molecule has 68 valence electrons. The van der Waals surface area contributed by atoms with Crippen LogP contribution in [0.25, 0.3) is 0 Å². The highest BCUT2D eigenvalue weighted by Gasteiger charge is 2.36. The van der Waals surface area contributed by atoms with E-state index >= 15 is 0 Å². The first-order valence-electron chi connectivity index (χ1n) is 4.52. The Morgan fingerprint density at radius 3 is 2.42 bits per heavy atom. The van der Waals surface area contributed by atoms with Gasteiger partial charge in [0.25, 0.3) is 0 Å². The maximum absolute atomic E-state index is 5.12. The van der Waals surface area contributed by atoms with Gasteiger partial charge in [0.15, 0.2) is 0 Å². The molecule has 0 aromatic carbocycles. The van der Waals surface area contributed by atoms with E-state index in [9.17, 15) is 0 Å². The van der Waals surface area contributed by atoms with Crippen LogP contribution >= 0.6 is 0 Å². The summed E-state index contributed by atoms with van der Waals surface area (Å²) in [5.74, 6) is 0. The number of dihydropyridines is 1. The fraction of sp³-hybridized carbons (Fsp3) is 0.600. The van der Waals surface area contributed by atoms with Crippen LogP contribution in [0, 0.1) is 0 Å². The van der Waals surface area contributed by atoms with Crippen molar-refractivity contribution in [3.05, 3.63) is 23.9 Å². The zero-order valence-electron chi connectivity index (χ0n) is 8.05. The maximum atomic E-state index is 5.12. The molecule has 2 nitrogen and oxygen atoms in total. The highest BCUT2D eigenvalue weighted by molar-refractivity contribution is 5.29. The number of nitrogens with one attached hydrogen (secondary N) is 1. The molecule has 2 heterocycles. The van der Waals surface area contributed by atoms with Crippen LogP contribution in [0.1, 0.15) is 20.8 Å². The zero-order valence-corrected chi connectivity index (χ0v) is 8.05. The van der Waals surface area contributed by atoms with Crippen molar-refractivity contribution in [3.8, 4) is 0 Å². The minimum Gasteiger partial charge on any atom is -0.378 e. The molecule has 1 N–H and O–H groups in total. The summed E-state index contributed by atoms with van der Waals surface area (Å²) in [6, 6.07) is 0. The van der Waals surface area contributed by atoms with Gasteiger partial charge in [0, 0.05) is 0 Å². The van der Waals surface area contributed by atoms with E-state index < -0.39 is 0 Å². The van der Waals surface area contributed by atoms with E-state index in [2.05, 4.69) is 24.4 Å². The number of hydrogen-bond acceptors (Lipinski definition) is 2. The molecule has 2 rings (SSSR count). The molecule has 0 saturated carbocycles. The Labute approximate surface area is 74.3 Å². The lowest BCUT2D eigenvalue weighted by atomic mass is 9.93. The predicted octanol–water partition coefficient (Wildman–Crippen LogP) is 1.84. The Bertz CT molecular complexity index is 202. The second kappa shape index (κ2) is 3.76. The van der Waals surface area contributed by atoms with Crippen LogP contribution in [-0.2, 0) is 4.74 Å². The third-order valence-electron chi connectivity index (χ3n) is 1.94. The molecule has 0 radical (unpaired) electrons. The van der Waals surface area contributed by atoms with Crippen molar-refractivity contribution < 1.29 is 4.74 Å². The molecule has 0 amide bonds. The Morgan fingerprint density at radius 1 is 1.42 bits per heavy atom. The molecule has 1 spiro atoms. The van der Waals surface area contributed by atoms with Gasteiger partial charge < -0.3 is 10.1 Å². The predicted molar refractivity (Wildman–Crippen MR) is 50.9 cm³/mol. The highest BCUT2D eigenvalue weighted by Crippen LogP contribution is 2.22. The van der Waals surface area contributed by atoms with Crippen molar-refractivity contribution in [2.24, 2.45) is 0 Å². The third-order valence-corrected chi connectivity index (χ3v) is 1.94. The van der Waals surface area contributed by atoms with Gasteiger partial charge >= 0.3 is 0 Å². The summed E-state index contributed by atoms with van der Waals surface area (Å²) in [5.41, 5.74) is 1.47. The molecule has 0 bridgehead atoms. The van der Waals surface area contributed by atoms with Gasteiger partial charge in [0.1, 0.15) is 5.54 Å². The molecule has 1 fully saturated rings. The van der Waals surface area contributed by atoms with Gasteiger partial charge in [-0.3, -0.25) is 0 Å². The average molecular weight is 167 g/mol. The van der Waals surface area contributed by atoms with Crippen LogP contribution in [0.15, 0.2) is 23.9 Å². The summed E-state index contributed by atoms with van der Waals surface area (Å²) in [4.78, 5) is 0. The second-order valence-corrected chi connectivity index (χ2v) is 3.01. The summed E-state index contributed by atoms with van der Waals surface area (Å²) >= 11 is 0. The van der Waals surface area contributed by atoms with Crippen LogP contribution in [0.4, 0.5) is 0 Å². The topological polar surface area (TPSA) is 21.3 Å². The van der Waals surface area contributed by atoms with Crippen molar-refractivity contribution in [2.75, 3.05) is 13.2 Å². The zero-order chi connectivity index (χ0) is 9.03. The number of allylic oxidation sites excluding steroid dienone is 2. The highest BCUT2D eigenvalue weighted by atomic mass is 16.5. The van der Waals surface area contributed by atoms with Gasteiger partial charge in [-0.1, -0.05) is 25.5 Å². The van der Waals surface area contributed by atoms with Gasteiger partial charge in [0.2, 0.25) is 0 Å². The van der Waals surface area contributed by atoms with E-state index in [4.69, 9.17) is 4.74 Å². The SMILES string of the molecule is CC.CC1=CC2(COC2)NC=C1. The standard InChI is InChI=1S/C8H11NO.C2H6/c1-7-2-3-9-8(4-7)5-10-6-8;1-2/h2-4,9H,5-6H2,1H3;1-2H3. The third kappa shape index (κ3) is 1.69. The second-order valence-electron chi connectivity index (χ2n) is 3.01. The van der Waals surface area contributed by atoms with E-state index in [1.165, 1.54) is 5.57 Å². The Kier molecular flexibility index (Phi) is 2.93. The first-order valence-corrected chi connectivity index (χ1v) is 4.52. The van der Waals surface area contributed by atoms with Gasteiger partial charge in [-0.2, -0.15) is 0 Å². The molecule has 2 aliphatic heterocycles. The van der Waals surface area contributed by atoms with Gasteiger partial charge in [-0.25, -0.2) is 0 Å². The van der Waals surface area contributed by atoms with Crippen molar-refractivity contribution >= 4 is 0 Å². The van der Waals surface area contributed by atoms with Crippen LogP contribution < -0.4 is 5.32 Å². The monoisotopic (exact) mass is 167 g/mol. The van der Waals surface area contributed by atoms with Crippen molar-refractivity contribution in [3.63, 3.8) is 0 Å². The molecule has 0 aliphatic carbocycles. The summed E-state index contributed by atoms with van der Waals surface area (Å²) in [6.45, 7) is 7.74. The van der Waals surface area contributed by atoms with E-state index in [1.807, 2.05) is 20.0 Å². The number of ether oxygens (including phenoxy) is 1. The molecule has 0 aromatic rings. The summed E-state index contributed by atoms with van der Waals surface area (Å²) in [6.07, 6.45) is 6.30. The molecule has 2 heteroatoms. The fourth-order valence-corrected chi connectivity index (χ4v) is 1.35. The minimum absolute atomic E-state index is 0.152. The molecule has 2 aliphatic rings. The largest absolute Gasteiger partial charge is 0.378 e. The van der Waals surface area contributed by atoms with Gasteiger partial charge in [-0.05, 0) is 19.2 Å². The van der Waals surface area contributed by atoms with Gasteiger partial charge in [0.05, 0.1) is 13.2 Å². The normalized spacial score (nSPS) is 23.1. The summed E-state index contributed by atoms with van der Waals surface area (Å²) in [5, 5.41) is 3.28. The lowest BCUT2D eigenvalue weighted by Crippen LogP contribution is -2.58. The van der Waals surface area contributed by atoms with Crippen molar-refractivity contribution in [1.82, 2.24) is 5.32 Å². The number of hydrogen-bond donors (Lipinski definition) is 1. The molecule has 12 heavy (non-hydrogen) atoms. The molecule has 1 saturated heterocycles. The maximum Gasteiger partial charge on any atom is 0.103 e. The lowest BCUT2D eigenvalue weighted by Gasteiger charge is -2.41. The van der Waals surface area contributed by atoms with E-state index in [0.717, 1.165) is 13.2 Å². The van der Waals surface area contributed by atoms with Crippen LogP contribution in [0.5, 0.6) is 0 Å².